The zero-order chi connectivity index (χ0) is 14.4. The number of ether oxygens (including phenoxy) is 1. The third-order valence-electron chi connectivity index (χ3n) is 2.26. The van der Waals surface area contributed by atoms with Gasteiger partial charge in [-0.05, 0) is 13.0 Å². The monoisotopic (exact) mass is 266 g/mol. The largest absolute Gasteiger partial charge is 0.507 e. The van der Waals surface area contributed by atoms with Crippen LogP contribution in [0.25, 0.3) is 6.08 Å². The molecule has 0 aliphatic heterocycles. The maximum atomic E-state index is 11.1. The van der Waals surface area contributed by atoms with E-state index in [-0.39, 0.29) is 29.9 Å². The summed E-state index contributed by atoms with van der Waals surface area (Å²) in [5.74, 6) is -2.52. The molecular formula is C13H14O6. The summed E-state index contributed by atoms with van der Waals surface area (Å²) in [4.78, 5) is 21.9. The van der Waals surface area contributed by atoms with Crippen molar-refractivity contribution in [3.05, 3.63) is 29.3 Å². The molecule has 0 radical (unpaired) electrons. The number of hydrogen-bond acceptors (Lipinski definition) is 5. The van der Waals surface area contributed by atoms with Crippen molar-refractivity contribution in [1.29, 1.82) is 0 Å². The van der Waals surface area contributed by atoms with E-state index in [0.29, 0.717) is 0 Å². The van der Waals surface area contributed by atoms with Crippen molar-refractivity contribution >= 4 is 18.0 Å². The molecule has 0 aliphatic carbocycles. The average Bonchev–Trinajstić information content (AvgIpc) is 2.31. The second-order valence-electron chi connectivity index (χ2n) is 3.64. The number of hydrogen-bond donors (Lipinski definition) is 3. The fourth-order valence-corrected chi connectivity index (χ4v) is 1.40. The van der Waals surface area contributed by atoms with Crippen molar-refractivity contribution in [1.82, 2.24) is 0 Å². The van der Waals surface area contributed by atoms with Crippen LogP contribution in [-0.4, -0.2) is 33.9 Å². The summed E-state index contributed by atoms with van der Waals surface area (Å²) in [6.07, 6.45) is 2.84. The molecule has 0 saturated carbocycles. The van der Waals surface area contributed by atoms with Gasteiger partial charge in [-0.25, -0.2) is 4.79 Å². The lowest BCUT2D eigenvalue weighted by Crippen LogP contribution is -2.01. The van der Waals surface area contributed by atoms with E-state index in [1.165, 1.54) is 12.2 Å². The molecule has 3 N–H and O–H groups in total. The molecule has 0 unspecified atom stereocenters. The van der Waals surface area contributed by atoms with E-state index in [1.54, 1.807) is 6.92 Å². The number of phenols is 2. The Labute approximate surface area is 109 Å². The van der Waals surface area contributed by atoms with Gasteiger partial charge in [0.1, 0.15) is 17.1 Å². The molecule has 1 aromatic carbocycles. The number of carboxylic acid groups (broad SMARTS) is 1. The van der Waals surface area contributed by atoms with Crippen LogP contribution in [0.1, 0.15) is 29.3 Å². The Hall–Kier alpha value is -2.50. The van der Waals surface area contributed by atoms with Gasteiger partial charge in [0.25, 0.3) is 0 Å². The molecule has 0 fully saturated rings. The minimum absolute atomic E-state index is 0.0105. The predicted molar refractivity (Wildman–Crippen MR) is 67.0 cm³/mol. The van der Waals surface area contributed by atoms with Gasteiger partial charge >= 0.3 is 11.9 Å². The first-order chi connectivity index (χ1) is 8.95. The van der Waals surface area contributed by atoms with Crippen molar-refractivity contribution in [3.63, 3.8) is 0 Å². The number of rotatable bonds is 5. The third-order valence-corrected chi connectivity index (χ3v) is 2.26. The zero-order valence-electron chi connectivity index (χ0n) is 10.3. The highest BCUT2D eigenvalue weighted by molar-refractivity contribution is 5.92. The predicted octanol–water partition coefficient (Wildman–Crippen LogP) is 1.76. The summed E-state index contributed by atoms with van der Waals surface area (Å²) < 4.78 is 4.70. The van der Waals surface area contributed by atoms with Crippen LogP contribution in [0.2, 0.25) is 0 Å². The first-order valence-electron chi connectivity index (χ1n) is 5.57. The highest BCUT2D eigenvalue weighted by Crippen LogP contribution is 2.28. The van der Waals surface area contributed by atoms with E-state index in [9.17, 15) is 19.8 Å². The molecule has 0 heterocycles. The Morgan fingerprint density at radius 2 is 1.95 bits per heavy atom. The van der Waals surface area contributed by atoms with Crippen LogP contribution in [-0.2, 0) is 9.53 Å². The lowest BCUT2D eigenvalue weighted by Gasteiger charge is -2.04. The maximum Gasteiger partial charge on any atom is 0.339 e. The second kappa shape index (κ2) is 6.44. The molecule has 6 heteroatoms. The van der Waals surface area contributed by atoms with E-state index in [2.05, 4.69) is 0 Å². The van der Waals surface area contributed by atoms with Crippen molar-refractivity contribution < 1.29 is 29.6 Å². The number of phenolic OH excluding ortho intramolecular Hbond substituents is 1. The summed E-state index contributed by atoms with van der Waals surface area (Å²) in [5.41, 5.74) is -0.131. The minimum Gasteiger partial charge on any atom is -0.507 e. The molecule has 0 spiro atoms. The topological polar surface area (TPSA) is 104 Å². The minimum atomic E-state index is -1.31. The van der Waals surface area contributed by atoms with Gasteiger partial charge in [0.15, 0.2) is 0 Å². The number of carbonyl (C=O) groups is 2. The van der Waals surface area contributed by atoms with E-state index in [1.807, 2.05) is 0 Å². The number of carbonyl (C=O) groups excluding carboxylic acids is 1. The Bertz CT molecular complexity index is 518. The van der Waals surface area contributed by atoms with Gasteiger partial charge in [0.05, 0.1) is 13.0 Å². The third kappa shape index (κ3) is 4.02. The summed E-state index contributed by atoms with van der Waals surface area (Å²) in [5, 5.41) is 27.7. The quantitative estimate of drug-likeness (QED) is 0.701. The van der Waals surface area contributed by atoms with Gasteiger partial charge < -0.3 is 20.1 Å². The van der Waals surface area contributed by atoms with Gasteiger partial charge in [0, 0.05) is 11.6 Å². The van der Waals surface area contributed by atoms with Crippen LogP contribution in [0, 0.1) is 0 Å². The van der Waals surface area contributed by atoms with Crippen LogP contribution >= 0.6 is 0 Å². The highest BCUT2D eigenvalue weighted by Gasteiger charge is 2.12. The summed E-state index contributed by atoms with van der Waals surface area (Å²) in [6.45, 7) is 1.97. The molecular weight excluding hydrogens is 252 g/mol. The van der Waals surface area contributed by atoms with Crippen molar-refractivity contribution in [2.75, 3.05) is 6.61 Å². The number of esters is 1. The van der Waals surface area contributed by atoms with Gasteiger partial charge in [-0.2, -0.15) is 0 Å². The molecule has 1 rings (SSSR count). The van der Waals surface area contributed by atoms with Crippen LogP contribution in [0.4, 0.5) is 0 Å². The summed E-state index contributed by atoms with van der Waals surface area (Å²) in [7, 11) is 0. The first kappa shape index (κ1) is 14.6. The van der Waals surface area contributed by atoms with Crippen LogP contribution in [0.15, 0.2) is 18.2 Å². The molecule has 0 aromatic heterocycles. The Morgan fingerprint density at radius 1 is 1.26 bits per heavy atom. The van der Waals surface area contributed by atoms with E-state index in [4.69, 9.17) is 9.84 Å². The van der Waals surface area contributed by atoms with Crippen LogP contribution in [0.5, 0.6) is 11.5 Å². The fraction of sp³-hybridized carbons (Fsp3) is 0.231. The SMILES string of the molecule is CCOC(=O)CC=Cc1cc(C(=O)O)c(O)cc1O. The van der Waals surface area contributed by atoms with Crippen LogP contribution < -0.4 is 0 Å². The normalized spacial score (nSPS) is 10.6. The fourth-order valence-electron chi connectivity index (χ4n) is 1.40. The Morgan fingerprint density at radius 3 is 2.53 bits per heavy atom. The molecule has 6 nitrogen and oxygen atoms in total. The van der Waals surface area contributed by atoms with Crippen molar-refractivity contribution in [2.45, 2.75) is 13.3 Å². The summed E-state index contributed by atoms with van der Waals surface area (Å²) >= 11 is 0. The second-order valence-corrected chi connectivity index (χ2v) is 3.64. The smallest absolute Gasteiger partial charge is 0.339 e. The number of benzene rings is 1. The molecule has 1 aromatic rings. The molecule has 0 saturated heterocycles. The summed E-state index contributed by atoms with van der Waals surface area (Å²) in [6, 6.07) is 2.06. The molecule has 0 amide bonds. The van der Waals surface area contributed by atoms with E-state index < -0.39 is 17.7 Å². The molecule has 19 heavy (non-hydrogen) atoms. The van der Waals surface area contributed by atoms with E-state index in [0.717, 1.165) is 12.1 Å². The van der Waals surface area contributed by atoms with Gasteiger partial charge in [-0.1, -0.05) is 12.2 Å². The molecule has 0 atom stereocenters. The van der Waals surface area contributed by atoms with Gasteiger partial charge in [0.2, 0.25) is 0 Å². The lowest BCUT2D eigenvalue weighted by atomic mass is 10.1. The number of aromatic carboxylic acids is 1. The lowest BCUT2D eigenvalue weighted by molar-refractivity contribution is -0.142. The van der Waals surface area contributed by atoms with E-state index >= 15 is 0 Å². The van der Waals surface area contributed by atoms with Crippen molar-refractivity contribution in [3.8, 4) is 11.5 Å². The standard InChI is InChI=1S/C13H14O6/c1-2-19-12(16)5-3-4-8-6-9(13(17)18)11(15)7-10(8)14/h3-4,6-7,14-15H,2,5H2,1H3,(H,17,18). The Kier molecular flexibility index (Phi) is 4.93. The molecule has 0 aliphatic rings. The maximum absolute atomic E-state index is 11.1. The number of carboxylic acids is 1. The highest BCUT2D eigenvalue weighted by atomic mass is 16.5. The molecule has 102 valence electrons. The number of aromatic hydroxyl groups is 2. The van der Waals surface area contributed by atoms with Crippen LogP contribution in [0.3, 0.4) is 0 Å². The zero-order valence-corrected chi connectivity index (χ0v) is 10.3. The average molecular weight is 266 g/mol. The van der Waals surface area contributed by atoms with Gasteiger partial charge in [-0.3, -0.25) is 4.79 Å². The first-order valence-corrected chi connectivity index (χ1v) is 5.57. The molecule has 0 bridgehead atoms. The van der Waals surface area contributed by atoms with Crippen molar-refractivity contribution in [2.24, 2.45) is 0 Å². The Balaban J connectivity index is 2.89. The van der Waals surface area contributed by atoms with Gasteiger partial charge in [-0.15, -0.1) is 0 Å².